The lowest BCUT2D eigenvalue weighted by molar-refractivity contribution is -0.119. The van der Waals surface area contributed by atoms with E-state index in [9.17, 15) is 9.18 Å². The first-order valence-electron chi connectivity index (χ1n) is 7.17. The Labute approximate surface area is 135 Å². The number of nitrogens with zero attached hydrogens (tertiary/aromatic N) is 1. The number of hydrogen-bond acceptors (Lipinski definition) is 2. The topological polar surface area (TPSA) is 32.3 Å². The van der Waals surface area contributed by atoms with E-state index in [1.54, 1.807) is 12.1 Å². The van der Waals surface area contributed by atoms with Crippen molar-refractivity contribution >= 4 is 17.5 Å². The Morgan fingerprint density at radius 1 is 1.41 bits per heavy atom. The number of hydrogen-bond donors (Lipinski definition) is 1. The van der Waals surface area contributed by atoms with Crippen LogP contribution in [0.1, 0.15) is 19.4 Å². The Bertz CT molecular complexity index is 610. The molecule has 0 saturated heterocycles. The summed E-state index contributed by atoms with van der Waals surface area (Å²) in [5.74, 6) is -0.123. The highest BCUT2D eigenvalue weighted by atomic mass is 35.5. The van der Waals surface area contributed by atoms with Crippen LogP contribution in [0.2, 0.25) is 5.02 Å². The van der Waals surface area contributed by atoms with Crippen LogP contribution in [-0.2, 0) is 11.2 Å². The molecule has 0 saturated carbocycles. The first kappa shape index (κ1) is 16.6. The maximum atomic E-state index is 13.0. The normalized spacial score (nSPS) is 14.7. The molecule has 0 radical (unpaired) electrons. The number of alkyl halides is 1. The third-order valence-corrected chi connectivity index (χ3v) is 4.01. The van der Waals surface area contributed by atoms with Crippen LogP contribution in [0.4, 0.5) is 4.39 Å². The lowest BCUT2D eigenvalue weighted by Crippen LogP contribution is -2.43. The van der Waals surface area contributed by atoms with Crippen molar-refractivity contribution in [3.63, 3.8) is 0 Å². The fourth-order valence-corrected chi connectivity index (χ4v) is 2.34. The van der Waals surface area contributed by atoms with Crippen molar-refractivity contribution < 1.29 is 9.18 Å². The van der Waals surface area contributed by atoms with Crippen molar-refractivity contribution in [1.29, 1.82) is 0 Å². The van der Waals surface area contributed by atoms with Gasteiger partial charge in [-0.15, -0.1) is 0 Å². The number of halogens is 2. The van der Waals surface area contributed by atoms with Crippen LogP contribution in [0, 0.1) is 0 Å². The van der Waals surface area contributed by atoms with E-state index >= 15 is 0 Å². The fourth-order valence-electron chi connectivity index (χ4n) is 2.13. The van der Waals surface area contributed by atoms with Gasteiger partial charge >= 0.3 is 0 Å². The summed E-state index contributed by atoms with van der Waals surface area (Å²) in [4.78, 5) is 13.9. The van der Waals surface area contributed by atoms with E-state index in [0.717, 1.165) is 11.3 Å². The van der Waals surface area contributed by atoms with Crippen LogP contribution in [0.5, 0.6) is 0 Å². The molecule has 0 fully saturated rings. The van der Waals surface area contributed by atoms with E-state index in [0.29, 0.717) is 11.6 Å². The van der Waals surface area contributed by atoms with Gasteiger partial charge in [0, 0.05) is 23.5 Å². The highest BCUT2D eigenvalue weighted by Crippen LogP contribution is 2.19. The second-order valence-electron chi connectivity index (χ2n) is 5.89. The standard InChI is InChI=1S/C17H20ClFN2O/c1-17(2,12-19)21-9-7-14(8-10-21)20-16(22)11-13-5-3-4-6-15(13)18/h3-9H,10-12H2,1-2H3,(H,20,22). The minimum Gasteiger partial charge on any atom is -0.366 e. The second-order valence-corrected chi connectivity index (χ2v) is 6.30. The Hall–Kier alpha value is -1.81. The summed E-state index contributed by atoms with van der Waals surface area (Å²) in [6, 6.07) is 7.28. The molecule has 1 amide bonds. The minimum absolute atomic E-state index is 0.123. The van der Waals surface area contributed by atoms with Gasteiger partial charge in [0.15, 0.2) is 0 Å². The first-order valence-corrected chi connectivity index (χ1v) is 7.54. The Kier molecular flexibility index (Phi) is 5.24. The number of benzene rings is 1. The zero-order valence-corrected chi connectivity index (χ0v) is 13.5. The van der Waals surface area contributed by atoms with Gasteiger partial charge in [0.05, 0.1) is 12.0 Å². The summed E-state index contributed by atoms with van der Waals surface area (Å²) in [7, 11) is 0. The predicted molar refractivity (Wildman–Crippen MR) is 87.3 cm³/mol. The summed E-state index contributed by atoms with van der Waals surface area (Å²) >= 11 is 6.05. The van der Waals surface area contributed by atoms with Crippen molar-refractivity contribution in [1.82, 2.24) is 10.2 Å². The maximum Gasteiger partial charge on any atom is 0.228 e. The number of carbonyl (C=O) groups is 1. The first-order chi connectivity index (χ1) is 10.4. The third kappa shape index (κ3) is 4.10. The van der Waals surface area contributed by atoms with Gasteiger partial charge in [-0.1, -0.05) is 29.8 Å². The second kappa shape index (κ2) is 6.97. The molecule has 0 aromatic heterocycles. The van der Waals surface area contributed by atoms with Gasteiger partial charge in [-0.25, -0.2) is 4.39 Å². The molecule has 0 aliphatic carbocycles. The van der Waals surface area contributed by atoms with Crippen LogP contribution in [-0.4, -0.2) is 29.6 Å². The lowest BCUT2D eigenvalue weighted by atomic mass is 10.0. The maximum absolute atomic E-state index is 13.0. The van der Waals surface area contributed by atoms with Crippen LogP contribution >= 0.6 is 11.6 Å². The zero-order chi connectivity index (χ0) is 16.2. The predicted octanol–water partition coefficient (Wildman–Crippen LogP) is 3.46. The van der Waals surface area contributed by atoms with Gasteiger partial charge in [0.1, 0.15) is 6.67 Å². The number of rotatable bonds is 5. The molecule has 1 aliphatic heterocycles. The molecule has 0 bridgehead atoms. The van der Waals surface area contributed by atoms with Crippen LogP contribution in [0.15, 0.2) is 48.3 Å². The van der Waals surface area contributed by atoms with E-state index in [1.165, 1.54) is 0 Å². The van der Waals surface area contributed by atoms with Gasteiger partial charge in [-0.3, -0.25) is 4.79 Å². The van der Waals surface area contributed by atoms with Crippen molar-refractivity contribution in [2.24, 2.45) is 0 Å². The van der Waals surface area contributed by atoms with Gasteiger partial charge in [-0.2, -0.15) is 0 Å². The highest BCUT2D eigenvalue weighted by molar-refractivity contribution is 6.31. The van der Waals surface area contributed by atoms with Crippen molar-refractivity contribution in [2.75, 3.05) is 13.2 Å². The molecule has 1 N–H and O–H groups in total. The highest BCUT2D eigenvalue weighted by Gasteiger charge is 2.24. The van der Waals surface area contributed by atoms with E-state index in [4.69, 9.17) is 11.6 Å². The number of amides is 1. The number of carbonyl (C=O) groups excluding carboxylic acids is 1. The van der Waals surface area contributed by atoms with Gasteiger partial charge in [0.25, 0.3) is 0 Å². The molecular weight excluding hydrogens is 303 g/mol. The van der Waals surface area contributed by atoms with Gasteiger partial charge < -0.3 is 10.2 Å². The molecule has 0 unspecified atom stereocenters. The molecule has 118 valence electrons. The molecule has 3 nitrogen and oxygen atoms in total. The molecule has 1 aromatic rings. The molecule has 5 heteroatoms. The smallest absolute Gasteiger partial charge is 0.228 e. The van der Waals surface area contributed by atoms with Crippen LogP contribution < -0.4 is 5.32 Å². The number of allylic oxidation sites excluding steroid dienone is 1. The number of nitrogens with one attached hydrogen (secondary N) is 1. The van der Waals surface area contributed by atoms with E-state index < -0.39 is 12.2 Å². The molecular formula is C17H20ClFN2O. The molecule has 0 atom stereocenters. The largest absolute Gasteiger partial charge is 0.366 e. The summed E-state index contributed by atoms with van der Waals surface area (Å²) in [6.07, 6.45) is 5.70. The lowest BCUT2D eigenvalue weighted by Gasteiger charge is -2.36. The van der Waals surface area contributed by atoms with Crippen molar-refractivity contribution in [2.45, 2.75) is 25.8 Å². The van der Waals surface area contributed by atoms with E-state index in [1.807, 2.05) is 49.2 Å². The minimum atomic E-state index is -0.542. The molecule has 1 aliphatic rings. The fraction of sp³-hybridized carbons (Fsp3) is 0.353. The van der Waals surface area contributed by atoms with Crippen LogP contribution in [0.25, 0.3) is 0 Å². The molecule has 1 heterocycles. The van der Waals surface area contributed by atoms with Crippen molar-refractivity contribution in [3.05, 3.63) is 58.9 Å². The Morgan fingerprint density at radius 2 is 2.14 bits per heavy atom. The Morgan fingerprint density at radius 3 is 2.73 bits per heavy atom. The Balaban J connectivity index is 1.92. The average Bonchev–Trinajstić information content (AvgIpc) is 2.50. The van der Waals surface area contributed by atoms with E-state index in [2.05, 4.69) is 5.32 Å². The summed E-state index contributed by atoms with van der Waals surface area (Å²) in [6.45, 7) is 3.81. The average molecular weight is 323 g/mol. The van der Waals surface area contributed by atoms with Gasteiger partial charge in [-0.05, 0) is 37.6 Å². The van der Waals surface area contributed by atoms with E-state index in [-0.39, 0.29) is 12.3 Å². The van der Waals surface area contributed by atoms with Gasteiger partial charge in [0.2, 0.25) is 5.91 Å². The zero-order valence-electron chi connectivity index (χ0n) is 12.8. The monoisotopic (exact) mass is 322 g/mol. The molecule has 22 heavy (non-hydrogen) atoms. The molecule has 0 spiro atoms. The summed E-state index contributed by atoms with van der Waals surface area (Å²) in [5, 5.41) is 3.43. The summed E-state index contributed by atoms with van der Waals surface area (Å²) in [5.41, 5.74) is 0.977. The summed E-state index contributed by atoms with van der Waals surface area (Å²) < 4.78 is 13.0. The van der Waals surface area contributed by atoms with Crippen molar-refractivity contribution in [3.8, 4) is 0 Å². The third-order valence-electron chi connectivity index (χ3n) is 3.64. The SMILES string of the molecule is CC(C)(CF)N1C=CC(NC(=O)Cc2ccccc2Cl)=CC1. The quantitative estimate of drug-likeness (QED) is 0.900. The molecule has 2 rings (SSSR count). The van der Waals surface area contributed by atoms with Crippen LogP contribution in [0.3, 0.4) is 0 Å². The molecule has 1 aromatic carbocycles.